The molecule has 0 atom stereocenters. The highest BCUT2D eigenvalue weighted by Crippen LogP contribution is 2.27. The summed E-state index contributed by atoms with van der Waals surface area (Å²) in [4.78, 5) is 42.0. The number of pyridine rings is 1. The minimum absolute atomic E-state index is 0.0272. The van der Waals surface area contributed by atoms with Gasteiger partial charge in [-0.3, -0.25) is 19.7 Å². The van der Waals surface area contributed by atoms with Crippen LogP contribution in [0.4, 0.5) is 5.13 Å². The Bertz CT molecular complexity index is 1040. The standard InChI is InChI=1S/C24H32N4O3S/c25-21(29)13-18-15-32-24(26-18)27-22(30)19-12-17-10-6-1-2-7-11-20(17)28(23(19)31)14-16-8-4-3-5-9-16/h12,15-16H,1-11,13-14H2,(H2,25,29)(H,26,27,30). The number of nitrogens with zero attached hydrogens (tertiary/aromatic N) is 2. The van der Waals surface area contributed by atoms with Crippen molar-refractivity contribution >= 4 is 28.3 Å². The Labute approximate surface area is 192 Å². The molecule has 2 heterocycles. The minimum Gasteiger partial charge on any atom is -0.369 e. The molecule has 2 aliphatic carbocycles. The number of carbonyl (C=O) groups excluding carboxylic acids is 2. The number of aromatic nitrogens is 2. The summed E-state index contributed by atoms with van der Waals surface area (Å²) in [5.74, 6) is -0.401. The molecule has 0 saturated heterocycles. The van der Waals surface area contributed by atoms with Gasteiger partial charge in [-0.1, -0.05) is 32.1 Å². The minimum atomic E-state index is -0.472. The molecule has 0 aromatic carbocycles. The predicted molar refractivity (Wildman–Crippen MR) is 126 cm³/mol. The van der Waals surface area contributed by atoms with Crippen LogP contribution in [0.3, 0.4) is 0 Å². The number of nitrogens with one attached hydrogen (secondary N) is 1. The Morgan fingerprint density at radius 1 is 1.09 bits per heavy atom. The van der Waals surface area contributed by atoms with E-state index in [1.807, 2.05) is 10.6 Å². The molecule has 2 aromatic rings. The maximum absolute atomic E-state index is 13.5. The van der Waals surface area contributed by atoms with Crippen LogP contribution in [0.5, 0.6) is 0 Å². The van der Waals surface area contributed by atoms with E-state index in [2.05, 4.69) is 10.3 Å². The van der Waals surface area contributed by atoms with Crippen LogP contribution in [-0.2, 0) is 30.6 Å². The number of carbonyl (C=O) groups is 2. The molecule has 7 nitrogen and oxygen atoms in total. The van der Waals surface area contributed by atoms with Gasteiger partial charge in [0.2, 0.25) is 5.91 Å². The van der Waals surface area contributed by atoms with Gasteiger partial charge in [-0.2, -0.15) is 0 Å². The van der Waals surface area contributed by atoms with Gasteiger partial charge >= 0.3 is 0 Å². The number of thiazole rings is 1. The van der Waals surface area contributed by atoms with Crippen LogP contribution >= 0.6 is 11.3 Å². The molecule has 2 aromatic heterocycles. The first-order chi connectivity index (χ1) is 15.5. The fourth-order valence-electron chi connectivity index (χ4n) is 5.01. The zero-order valence-electron chi connectivity index (χ0n) is 18.5. The van der Waals surface area contributed by atoms with Gasteiger partial charge in [-0.25, -0.2) is 4.98 Å². The molecule has 2 amide bonds. The fraction of sp³-hybridized carbons (Fsp3) is 0.583. The summed E-state index contributed by atoms with van der Waals surface area (Å²) in [5.41, 5.74) is 8.01. The molecule has 2 aliphatic rings. The fourth-order valence-corrected chi connectivity index (χ4v) is 5.71. The first kappa shape index (κ1) is 22.7. The average molecular weight is 457 g/mol. The van der Waals surface area contributed by atoms with Gasteiger partial charge in [0, 0.05) is 17.6 Å². The van der Waals surface area contributed by atoms with E-state index < -0.39 is 11.8 Å². The number of fused-ring (bicyclic) bond motifs is 1. The summed E-state index contributed by atoms with van der Waals surface area (Å²) in [6.07, 6.45) is 12.4. The third-order valence-corrected chi connectivity index (χ3v) is 7.44. The van der Waals surface area contributed by atoms with Crippen molar-refractivity contribution in [1.29, 1.82) is 0 Å². The van der Waals surface area contributed by atoms with Gasteiger partial charge in [0.1, 0.15) is 5.56 Å². The summed E-state index contributed by atoms with van der Waals surface area (Å²) in [6, 6.07) is 1.81. The Morgan fingerprint density at radius 3 is 2.56 bits per heavy atom. The van der Waals surface area contributed by atoms with Gasteiger partial charge < -0.3 is 10.3 Å². The number of aryl methyl sites for hydroxylation is 1. The molecule has 32 heavy (non-hydrogen) atoms. The molecule has 0 spiro atoms. The van der Waals surface area contributed by atoms with E-state index in [1.54, 1.807) is 5.38 Å². The molecule has 0 unspecified atom stereocenters. The van der Waals surface area contributed by atoms with Crippen molar-refractivity contribution in [3.63, 3.8) is 0 Å². The van der Waals surface area contributed by atoms with Gasteiger partial charge in [-0.05, 0) is 56.1 Å². The Morgan fingerprint density at radius 2 is 1.81 bits per heavy atom. The van der Waals surface area contributed by atoms with Crippen molar-refractivity contribution in [2.75, 3.05) is 5.32 Å². The molecule has 172 valence electrons. The zero-order valence-corrected chi connectivity index (χ0v) is 19.3. The first-order valence-electron chi connectivity index (χ1n) is 11.8. The van der Waals surface area contributed by atoms with Gasteiger partial charge in [-0.15, -0.1) is 11.3 Å². The second kappa shape index (κ2) is 10.4. The van der Waals surface area contributed by atoms with E-state index >= 15 is 0 Å². The van der Waals surface area contributed by atoms with E-state index in [0.29, 0.717) is 23.3 Å². The van der Waals surface area contributed by atoms with Crippen molar-refractivity contribution in [3.05, 3.63) is 44.3 Å². The smallest absolute Gasteiger partial charge is 0.263 e. The number of primary amides is 1. The number of amides is 2. The van der Waals surface area contributed by atoms with Gasteiger partial charge in [0.25, 0.3) is 11.5 Å². The monoisotopic (exact) mass is 456 g/mol. The van der Waals surface area contributed by atoms with E-state index in [1.165, 1.54) is 43.4 Å². The second-order valence-electron chi connectivity index (χ2n) is 9.11. The summed E-state index contributed by atoms with van der Waals surface area (Å²) in [6.45, 7) is 0.711. The SMILES string of the molecule is NC(=O)Cc1csc(NC(=O)c2cc3c(n(CC4CCCCC4)c2=O)CCCCCC3)n1. The summed E-state index contributed by atoms with van der Waals surface area (Å²) < 4.78 is 1.92. The third-order valence-electron chi connectivity index (χ3n) is 6.64. The second-order valence-corrected chi connectivity index (χ2v) is 9.96. The van der Waals surface area contributed by atoms with Crippen molar-refractivity contribution in [3.8, 4) is 0 Å². The third kappa shape index (κ3) is 5.46. The molecule has 0 bridgehead atoms. The maximum atomic E-state index is 13.5. The number of rotatable bonds is 6. The molecular weight excluding hydrogens is 424 g/mol. The lowest BCUT2D eigenvalue weighted by Gasteiger charge is -2.26. The zero-order chi connectivity index (χ0) is 22.5. The Kier molecular flexibility index (Phi) is 7.40. The lowest BCUT2D eigenvalue weighted by Crippen LogP contribution is -2.35. The quantitative estimate of drug-likeness (QED) is 0.689. The van der Waals surface area contributed by atoms with Gasteiger partial charge in [0.05, 0.1) is 12.1 Å². The molecule has 8 heteroatoms. The van der Waals surface area contributed by atoms with E-state index in [-0.39, 0.29) is 17.5 Å². The highest BCUT2D eigenvalue weighted by atomic mass is 32.1. The normalized spacial score (nSPS) is 17.2. The number of hydrogen-bond acceptors (Lipinski definition) is 5. The Balaban J connectivity index is 1.64. The van der Waals surface area contributed by atoms with Crippen LogP contribution in [0.2, 0.25) is 0 Å². The van der Waals surface area contributed by atoms with Crippen LogP contribution < -0.4 is 16.6 Å². The molecule has 1 fully saturated rings. The number of nitrogens with two attached hydrogens (primary N) is 1. The highest BCUT2D eigenvalue weighted by molar-refractivity contribution is 7.14. The van der Waals surface area contributed by atoms with E-state index in [4.69, 9.17) is 5.73 Å². The van der Waals surface area contributed by atoms with Crippen molar-refractivity contribution < 1.29 is 9.59 Å². The summed E-state index contributed by atoms with van der Waals surface area (Å²) in [7, 11) is 0. The number of hydrogen-bond donors (Lipinski definition) is 2. The topological polar surface area (TPSA) is 107 Å². The van der Waals surface area contributed by atoms with Crippen molar-refractivity contribution in [1.82, 2.24) is 9.55 Å². The largest absolute Gasteiger partial charge is 0.369 e. The van der Waals surface area contributed by atoms with E-state index in [0.717, 1.165) is 49.8 Å². The van der Waals surface area contributed by atoms with Crippen LogP contribution in [0.15, 0.2) is 16.2 Å². The average Bonchev–Trinajstić information content (AvgIpc) is 3.17. The van der Waals surface area contributed by atoms with Crippen molar-refractivity contribution in [2.45, 2.75) is 83.6 Å². The molecule has 0 radical (unpaired) electrons. The molecule has 4 rings (SSSR count). The van der Waals surface area contributed by atoms with Crippen LogP contribution in [0, 0.1) is 5.92 Å². The van der Waals surface area contributed by atoms with Crippen LogP contribution in [0.25, 0.3) is 0 Å². The van der Waals surface area contributed by atoms with Gasteiger partial charge in [0.15, 0.2) is 5.13 Å². The molecule has 0 aliphatic heterocycles. The van der Waals surface area contributed by atoms with Crippen LogP contribution in [-0.4, -0.2) is 21.4 Å². The Hall–Kier alpha value is -2.48. The van der Waals surface area contributed by atoms with Crippen molar-refractivity contribution in [2.24, 2.45) is 11.7 Å². The molecule has 1 saturated carbocycles. The van der Waals surface area contributed by atoms with Crippen LogP contribution in [0.1, 0.15) is 85.1 Å². The lowest BCUT2D eigenvalue weighted by molar-refractivity contribution is -0.117. The predicted octanol–water partition coefficient (Wildman–Crippen LogP) is 3.82. The van der Waals surface area contributed by atoms with E-state index in [9.17, 15) is 14.4 Å². The summed E-state index contributed by atoms with van der Waals surface area (Å²) in [5, 5.41) is 4.83. The molecule has 3 N–H and O–H groups in total. The lowest BCUT2D eigenvalue weighted by atomic mass is 9.88. The first-order valence-corrected chi connectivity index (χ1v) is 12.7. The number of anilines is 1. The highest BCUT2D eigenvalue weighted by Gasteiger charge is 2.23. The maximum Gasteiger partial charge on any atom is 0.263 e. The summed E-state index contributed by atoms with van der Waals surface area (Å²) >= 11 is 1.23. The molecular formula is C24H32N4O3S.